The predicted octanol–water partition coefficient (Wildman–Crippen LogP) is 4.38. The summed E-state index contributed by atoms with van der Waals surface area (Å²) in [4.78, 5) is 0. The largest absolute Gasteiger partial charge is 0.331 e. The van der Waals surface area contributed by atoms with Gasteiger partial charge >= 0.3 is 0 Å². The van der Waals surface area contributed by atoms with Crippen molar-refractivity contribution in [2.75, 3.05) is 5.32 Å². The molecule has 0 fully saturated rings. The molecule has 0 saturated carbocycles. The molecule has 0 radical (unpaired) electrons. The number of hydrazine groups is 1. The first-order valence-corrected chi connectivity index (χ1v) is 7.95. The third-order valence-corrected chi connectivity index (χ3v) is 4.24. The maximum absolute atomic E-state index is 5.33. The molecular weight excluding hydrogens is 302 g/mol. The molecule has 0 aromatic heterocycles. The van der Waals surface area contributed by atoms with Crippen LogP contribution in [0.3, 0.4) is 0 Å². The van der Waals surface area contributed by atoms with E-state index in [1.54, 1.807) is 0 Å². The van der Waals surface area contributed by atoms with Gasteiger partial charge in [0.15, 0.2) is 5.11 Å². The Labute approximate surface area is 143 Å². The summed E-state index contributed by atoms with van der Waals surface area (Å²) in [5, 5.41) is 3.70. The van der Waals surface area contributed by atoms with E-state index in [9.17, 15) is 0 Å². The minimum Gasteiger partial charge on any atom is -0.331 e. The lowest BCUT2D eigenvalue weighted by Crippen LogP contribution is -2.39. The monoisotopic (exact) mass is 325 g/mol. The van der Waals surface area contributed by atoms with Crippen LogP contribution in [0.25, 0.3) is 5.70 Å². The van der Waals surface area contributed by atoms with Crippen LogP contribution in [0.5, 0.6) is 0 Å². The van der Waals surface area contributed by atoms with Crippen LogP contribution in [-0.4, -0.2) is 5.11 Å². The predicted molar refractivity (Wildman–Crippen MR) is 103 cm³/mol. The molecule has 0 heterocycles. The molecule has 120 valence electrons. The molecular formula is C19H23N3S. The van der Waals surface area contributed by atoms with Gasteiger partial charge in [0.2, 0.25) is 0 Å². The number of hydrogen-bond acceptors (Lipinski definition) is 2. The number of rotatable bonds is 4. The Bertz CT molecular complexity index is 750. The van der Waals surface area contributed by atoms with E-state index < -0.39 is 0 Å². The van der Waals surface area contributed by atoms with Crippen LogP contribution >= 0.6 is 12.2 Å². The van der Waals surface area contributed by atoms with Gasteiger partial charge < -0.3 is 5.32 Å². The van der Waals surface area contributed by atoms with E-state index in [1.165, 1.54) is 22.3 Å². The summed E-state index contributed by atoms with van der Waals surface area (Å²) in [6.07, 6.45) is 0. The van der Waals surface area contributed by atoms with E-state index in [1.807, 2.05) is 18.2 Å². The van der Waals surface area contributed by atoms with Crippen molar-refractivity contribution in [3.8, 4) is 0 Å². The second-order valence-electron chi connectivity index (χ2n) is 5.73. The molecule has 0 aliphatic carbocycles. The van der Waals surface area contributed by atoms with Gasteiger partial charge in [0, 0.05) is 5.69 Å². The van der Waals surface area contributed by atoms with Crippen LogP contribution < -0.4 is 16.2 Å². The molecule has 2 aromatic carbocycles. The second kappa shape index (κ2) is 7.29. The molecule has 0 unspecified atom stereocenters. The van der Waals surface area contributed by atoms with Crippen molar-refractivity contribution in [1.82, 2.24) is 10.9 Å². The van der Waals surface area contributed by atoms with Gasteiger partial charge in [-0.05, 0) is 79.9 Å². The Hall–Kier alpha value is -2.33. The van der Waals surface area contributed by atoms with Crippen molar-refractivity contribution in [2.45, 2.75) is 27.7 Å². The van der Waals surface area contributed by atoms with Crippen LogP contribution in [0, 0.1) is 27.7 Å². The fourth-order valence-corrected chi connectivity index (χ4v) is 2.33. The minimum absolute atomic E-state index is 0.503. The highest BCUT2D eigenvalue weighted by molar-refractivity contribution is 7.80. The highest BCUT2D eigenvalue weighted by Gasteiger charge is 2.04. The van der Waals surface area contributed by atoms with Gasteiger partial charge in [0.1, 0.15) is 0 Å². The highest BCUT2D eigenvalue weighted by atomic mass is 32.1. The first-order chi connectivity index (χ1) is 10.9. The van der Waals surface area contributed by atoms with Crippen molar-refractivity contribution in [3.63, 3.8) is 0 Å². The van der Waals surface area contributed by atoms with Crippen molar-refractivity contribution >= 4 is 28.7 Å². The number of anilines is 1. The zero-order chi connectivity index (χ0) is 17.0. The highest BCUT2D eigenvalue weighted by Crippen LogP contribution is 2.18. The average molecular weight is 325 g/mol. The number of nitrogens with one attached hydrogen (secondary N) is 3. The fourth-order valence-electron chi connectivity index (χ4n) is 2.17. The summed E-state index contributed by atoms with van der Waals surface area (Å²) < 4.78 is 0. The number of hydrogen-bond donors (Lipinski definition) is 3. The molecule has 3 nitrogen and oxygen atoms in total. The lowest BCUT2D eigenvalue weighted by atomic mass is 10.1. The Morgan fingerprint density at radius 3 is 2.35 bits per heavy atom. The Morgan fingerprint density at radius 1 is 0.913 bits per heavy atom. The molecule has 0 atom stereocenters. The third-order valence-electron chi connectivity index (χ3n) is 4.04. The van der Waals surface area contributed by atoms with E-state index in [4.69, 9.17) is 12.2 Å². The van der Waals surface area contributed by atoms with Crippen molar-refractivity contribution < 1.29 is 0 Å². The Balaban J connectivity index is 1.94. The number of thiocarbonyl (C=S) groups is 1. The van der Waals surface area contributed by atoms with Crippen LogP contribution in [0.2, 0.25) is 0 Å². The van der Waals surface area contributed by atoms with E-state index in [0.29, 0.717) is 5.11 Å². The van der Waals surface area contributed by atoms with E-state index >= 15 is 0 Å². The zero-order valence-corrected chi connectivity index (χ0v) is 14.9. The standard InChI is InChI=1S/C19H23N3S/c1-12-9-10-17(11-14(12)3)16(5)21-22-19(23)20-18-8-6-7-13(2)15(18)4/h6-11,21H,5H2,1-4H3,(H2,20,22,23). The van der Waals surface area contributed by atoms with Gasteiger partial charge in [-0.2, -0.15) is 0 Å². The fraction of sp³-hybridized carbons (Fsp3) is 0.211. The van der Waals surface area contributed by atoms with Gasteiger partial charge in [0.05, 0.1) is 5.70 Å². The second-order valence-corrected chi connectivity index (χ2v) is 6.14. The lowest BCUT2D eigenvalue weighted by Gasteiger charge is -2.16. The molecule has 4 heteroatoms. The lowest BCUT2D eigenvalue weighted by molar-refractivity contribution is 0.850. The molecule has 2 aromatic rings. The molecule has 3 N–H and O–H groups in total. The summed E-state index contributed by atoms with van der Waals surface area (Å²) in [6, 6.07) is 12.3. The van der Waals surface area contributed by atoms with E-state index in [-0.39, 0.29) is 0 Å². The van der Waals surface area contributed by atoms with Gasteiger partial charge in [-0.3, -0.25) is 10.9 Å². The quantitative estimate of drug-likeness (QED) is 0.576. The average Bonchev–Trinajstić information content (AvgIpc) is 2.52. The SMILES string of the molecule is C=C(NNC(=S)Nc1cccc(C)c1C)c1ccc(C)c(C)c1. The summed E-state index contributed by atoms with van der Waals surface area (Å²) in [6.45, 7) is 12.4. The first kappa shape index (κ1) is 17.0. The molecule has 0 bridgehead atoms. The molecule has 23 heavy (non-hydrogen) atoms. The van der Waals surface area contributed by atoms with Crippen LogP contribution in [0.4, 0.5) is 5.69 Å². The molecule has 2 rings (SSSR count). The van der Waals surface area contributed by atoms with Gasteiger partial charge in [-0.25, -0.2) is 0 Å². The van der Waals surface area contributed by atoms with Crippen LogP contribution in [0.15, 0.2) is 43.0 Å². The molecule has 0 amide bonds. The van der Waals surface area contributed by atoms with Gasteiger partial charge in [0.25, 0.3) is 0 Å². The van der Waals surface area contributed by atoms with Gasteiger partial charge in [-0.15, -0.1) is 0 Å². The summed E-state index contributed by atoms with van der Waals surface area (Å²) in [7, 11) is 0. The van der Waals surface area contributed by atoms with E-state index in [0.717, 1.165) is 16.9 Å². The van der Waals surface area contributed by atoms with Crippen LogP contribution in [-0.2, 0) is 0 Å². The van der Waals surface area contributed by atoms with Crippen molar-refractivity contribution in [2.24, 2.45) is 0 Å². The summed E-state index contributed by atoms with van der Waals surface area (Å²) >= 11 is 5.33. The maximum atomic E-state index is 5.33. The summed E-state index contributed by atoms with van der Waals surface area (Å²) in [5.41, 5.74) is 13.8. The molecule has 0 spiro atoms. The van der Waals surface area contributed by atoms with Crippen molar-refractivity contribution in [1.29, 1.82) is 0 Å². The minimum atomic E-state index is 0.503. The molecule has 0 saturated heterocycles. The van der Waals surface area contributed by atoms with Crippen molar-refractivity contribution in [3.05, 3.63) is 70.8 Å². The molecule has 0 aliphatic heterocycles. The summed E-state index contributed by atoms with van der Waals surface area (Å²) in [5.74, 6) is 0. The van der Waals surface area contributed by atoms with Gasteiger partial charge in [-0.1, -0.05) is 30.8 Å². The first-order valence-electron chi connectivity index (χ1n) is 7.54. The number of aryl methyl sites for hydroxylation is 3. The maximum Gasteiger partial charge on any atom is 0.189 e. The van der Waals surface area contributed by atoms with Crippen LogP contribution in [0.1, 0.15) is 27.8 Å². The smallest absolute Gasteiger partial charge is 0.189 e. The zero-order valence-electron chi connectivity index (χ0n) is 14.1. The number of benzene rings is 2. The topological polar surface area (TPSA) is 36.1 Å². The van der Waals surface area contributed by atoms with E-state index in [2.05, 4.69) is 68.6 Å². The Morgan fingerprint density at radius 2 is 1.65 bits per heavy atom. The molecule has 0 aliphatic rings. The Kier molecular flexibility index (Phi) is 5.40. The third kappa shape index (κ3) is 4.33. The normalized spacial score (nSPS) is 10.1.